The molecule has 0 N–H and O–H groups in total. The molecule has 3 heteroatoms. The Bertz CT molecular complexity index is 374. The number of carbonyl (C=O) groups is 2. The molecule has 0 radical (unpaired) electrons. The number of piperidine rings is 1. The molecule has 0 spiro atoms. The molecule has 0 bridgehead atoms. The van der Waals surface area contributed by atoms with Gasteiger partial charge in [0, 0.05) is 12.5 Å². The number of ketones is 1. The van der Waals surface area contributed by atoms with Gasteiger partial charge in [-0.3, -0.25) is 9.59 Å². The van der Waals surface area contributed by atoms with Crippen molar-refractivity contribution >= 4 is 11.7 Å². The van der Waals surface area contributed by atoms with E-state index in [4.69, 9.17) is 0 Å². The molecule has 2 aliphatic rings. The largest absolute Gasteiger partial charge is 0.332 e. The van der Waals surface area contributed by atoms with Crippen LogP contribution in [0.3, 0.4) is 0 Å². The minimum absolute atomic E-state index is 0.144. The number of hydrogen-bond acceptors (Lipinski definition) is 2. The van der Waals surface area contributed by atoms with Gasteiger partial charge in [-0.25, -0.2) is 0 Å². The summed E-state index contributed by atoms with van der Waals surface area (Å²) in [6.45, 7) is 4.64. The van der Waals surface area contributed by atoms with Crippen LogP contribution in [0.1, 0.15) is 84.5 Å². The third kappa shape index (κ3) is 4.33. The van der Waals surface area contributed by atoms with Crippen LogP contribution in [0.25, 0.3) is 0 Å². The van der Waals surface area contributed by atoms with Crippen molar-refractivity contribution in [2.45, 2.75) is 90.5 Å². The van der Waals surface area contributed by atoms with Gasteiger partial charge in [0.15, 0.2) is 5.78 Å². The lowest BCUT2D eigenvalue weighted by Crippen LogP contribution is -2.50. The molecule has 126 valence electrons. The van der Waals surface area contributed by atoms with Gasteiger partial charge < -0.3 is 4.90 Å². The van der Waals surface area contributed by atoms with E-state index in [1.807, 2.05) is 4.90 Å². The first kappa shape index (κ1) is 17.5. The van der Waals surface area contributed by atoms with E-state index >= 15 is 0 Å². The summed E-state index contributed by atoms with van der Waals surface area (Å²) in [4.78, 5) is 27.1. The van der Waals surface area contributed by atoms with E-state index < -0.39 is 0 Å². The quantitative estimate of drug-likeness (QED) is 0.732. The van der Waals surface area contributed by atoms with Gasteiger partial charge in [-0.2, -0.15) is 0 Å². The third-order valence-corrected chi connectivity index (χ3v) is 5.66. The molecule has 3 nitrogen and oxygen atoms in total. The first-order valence-corrected chi connectivity index (χ1v) is 9.46. The first-order chi connectivity index (χ1) is 10.6. The third-order valence-electron chi connectivity index (χ3n) is 5.66. The van der Waals surface area contributed by atoms with Gasteiger partial charge in [0.25, 0.3) is 0 Å². The number of hydrogen-bond donors (Lipinski definition) is 0. The Morgan fingerprint density at radius 3 is 2.36 bits per heavy atom. The fourth-order valence-electron chi connectivity index (χ4n) is 4.35. The predicted octanol–water partition coefficient (Wildman–Crippen LogP) is 4.34. The number of Topliss-reactive ketones (excluding diaryl/α,β-unsaturated/α-hetero) is 1. The molecule has 2 rings (SSSR count). The van der Waals surface area contributed by atoms with Crippen molar-refractivity contribution in [1.29, 1.82) is 0 Å². The van der Waals surface area contributed by atoms with Crippen LogP contribution in [0.4, 0.5) is 0 Å². The predicted molar refractivity (Wildman–Crippen MR) is 89.6 cm³/mol. The van der Waals surface area contributed by atoms with Crippen LogP contribution in [0, 0.1) is 11.8 Å². The Hall–Kier alpha value is -0.860. The fraction of sp³-hybridized carbons (Fsp3) is 0.895. The SMILES string of the molecule is CCCCC(C(=O)N1CCCCC1C(C)=O)C1CCCCC1. The lowest BCUT2D eigenvalue weighted by molar-refractivity contribution is -0.146. The topological polar surface area (TPSA) is 37.4 Å². The second kappa shape index (κ2) is 8.69. The Kier molecular flexibility index (Phi) is 6.91. The summed E-state index contributed by atoms with van der Waals surface area (Å²) in [7, 11) is 0. The lowest BCUT2D eigenvalue weighted by atomic mass is 9.76. The molecule has 1 saturated heterocycles. The summed E-state index contributed by atoms with van der Waals surface area (Å²) >= 11 is 0. The molecule has 1 aliphatic heterocycles. The smallest absolute Gasteiger partial charge is 0.226 e. The Labute approximate surface area is 135 Å². The first-order valence-electron chi connectivity index (χ1n) is 9.46. The molecule has 1 heterocycles. The van der Waals surface area contributed by atoms with Gasteiger partial charge in [0.05, 0.1) is 6.04 Å². The Morgan fingerprint density at radius 1 is 1.05 bits per heavy atom. The molecule has 0 aromatic heterocycles. The summed E-state index contributed by atoms with van der Waals surface area (Å²) < 4.78 is 0. The van der Waals surface area contributed by atoms with Crippen LogP contribution in [0.5, 0.6) is 0 Å². The minimum atomic E-state index is -0.144. The average molecular weight is 307 g/mol. The van der Waals surface area contributed by atoms with Crippen molar-refractivity contribution in [3.8, 4) is 0 Å². The second-order valence-electron chi connectivity index (χ2n) is 7.30. The highest BCUT2D eigenvalue weighted by atomic mass is 16.2. The fourth-order valence-corrected chi connectivity index (χ4v) is 4.35. The van der Waals surface area contributed by atoms with Gasteiger partial charge in [0.2, 0.25) is 5.91 Å². The van der Waals surface area contributed by atoms with Crippen LogP contribution in [-0.4, -0.2) is 29.2 Å². The van der Waals surface area contributed by atoms with Gasteiger partial charge in [-0.05, 0) is 51.4 Å². The van der Waals surface area contributed by atoms with Crippen LogP contribution in [-0.2, 0) is 9.59 Å². The van der Waals surface area contributed by atoms with Crippen molar-refractivity contribution in [3.63, 3.8) is 0 Å². The van der Waals surface area contributed by atoms with Gasteiger partial charge in [-0.1, -0.05) is 39.0 Å². The molecule has 1 saturated carbocycles. The molecular formula is C19H33NO2. The zero-order valence-electron chi connectivity index (χ0n) is 14.5. The van der Waals surface area contributed by atoms with E-state index in [-0.39, 0.29) is 17.7 Å². The van der Waals surface area contributed by atoms with Crippen molar-refractivity contribution in [1.82, 2.24) is 4.90 Å². The van der Waals surface area contributed by atoms with E-state index in [0.717, 1.165) is 45.1 Å². The van der Waals surface area contributed by atoms with E-state index in [1.54, 1.807) is 6.92 Å². The molecule has 2 fully saturated rings. The van der Waals surface area contributed by atoms with Crippen LogP contribution in [0.2, 0.25) is 0 Å². The highest BCUT2D eigenvalue weighted by molar-refractivity contribution is 5.88. The number of likely N-dealkylation sites (tertiary alicyclic amines) is 1. The number of amides is 1. The standard InChI is InChI=1S/C19H33NO2/c1-3-4-12-17(16-10-6-5-7-11-16)19(22)20-14-9-8-13-18(20)15(2)21/h16-18H,3-14H2,1-2H3. The van der Waals surface area contributed by atoms with Gasteiger partial charge in [0.1, 0.15) is 0 Å². The Morgan fingerprint density at radius 2 is 1.73 bits per heavy atom. The van der Waals surface area contributed by atoms with Gasteiger partial charge >= 0.3 is 0 Å². The lowest BCUT2D eigenvalue weighted by Gasteiger charge is -2.39. The van der Waals surface area contributed by atoms with Crippen molar-refractivity contribution in [2.24, 2.45) is 11.8 Å². The van der Waals surface area contributed by atoms with E-state index in [2.05, 4.69) is 6.92 Å². The normalized spacial score (nSPS) is 25.0. The number of unbranched alkanes of at least 4 members (excludes halogenated alkanes) is 1. The number of nitrogens with zero attached hydrogens (tertiary/aromatic N) is 1. The summed E-state index contributed by atoms with van der Waals surface area (Å²) in [6, 6.07) is -0.144. The Balaban J connectivity index is 2.09. The van der Waals surface area contributed by atoms with Crippen molar-refractivity contribution < 1.29 is 9.59 Å². The maximum Gasteiger partial charge on any atom is 0.226 e. The summed E-state index contributed by atoms with van der Waals surface area (Å²) in [5.41, 5.74) is 0. The molecular weight excluding hydrogens is 274 g/mol. The maximum atomic E-state index is 13.2. The molecule has 0 aromatic carbocycles. The second-order valence-corrected chi connectivity index (χ2v) is 7.30. The van der Waals surface area contributed by atoms with Crippen molar-refractivity contribution in [2.75, 3.05) is 6.54 Å². The molecule has 1 amide bonds. The van der Waals surface area contributed by atoms with Gasteiger partial charge in [-0.15, -0.1) is 0 Å². The summed E-state index contributed by atoms with van der Waals surface area (Å²) in [6.07, 6.45) is 12.6. The molecule has 22 heavy (non-hydrogen) atoms. The summed E-state index contributed by atoms with van der Waals surface area (Å²) in [5.74, 6) is 1.19. The molecule has 2 unspecified atom stereocenters. The van der Waals surface area contributed by atoms with Crippen LogP contribution in [0.15, 0.2) is 0 Å². The number of carbonyl (C=O) groups excluding carboxylic acids is 2. The maximum absolute atomic E-state index is 13.2. The molecule has 0 aromatic rings. The average Bonchev–Trinajstić information content (AvgIpc) is 2.56. The number of rotatable bonds is 6. The molecule has 1 aliphatic carbocycles. The summed E-state index contributed by atoms with van der Waals surface area (Å²) in [5, 5.41) is 0. The highest BCUT2D eigenvalue weighted by Gasteiger charge is 2.37. The van der Waals surface area contributed by atoms with E-state index in [1.165, 1.54) is 32.1 Å². The van der Waals surface area contributed by atoms with Crippen LogP contribution >= 0.6 is 0 Å². The monoisotopic (exact) mass is 307 g/mol. The zero-order chi connectivity index (χ0) is 15.9. The van der Waals surface area contributed by atoms with E-state index in [0.29, 0.717) is 11.8 Å². The minimum Gasteiger partial charge on any atom is -0.332 e. The van der Waals surface area contributed by atoms with E-state index in [9.17, 15) is 9.59 Å². The molecule has 2 atom stereocenters. The van der Waals surface area contributed by atoms with Crippen LogP contribution < -0.4 is 0 Å². The van der Waals surface area contributed by atoms with Crippen molar-refractivity contribution in [3.05, 3.63) is 0 Å². The highest BCUT2D eigenvalue weighted by Crippen LogP contribution is 2.35. The zero-order valence-corrected chi connectivity index (χ0v) is 14.5.